The summed E-state index contributed by atoms with van der Waals surface area (Å²) < 4.78 is 25.7. The van der Waals surface area contributed by atoms with Gasteiger partial charge in [-0.15, -0.1) is 0 Å². The molecule has 0 aromatic rings. The van der Waals surface area contributed by atoms with Gasteiger partial charge in [0.2, 0.25) is 5.91 Å². The molecule has 0 aliphatic heterocycles. The van der Waals surface area contributed by atoms with E-state index in [2.05, 4.69) is 5.32 Å². The van der Waals surface area contributed by atoms with Crippen LogP contribution in [0.25, 0.3) is 0 Å². The van der Waals surface area contributed by atoms with Crippen molar-refractivity contribution in [3.05, 3.63) is 0 Å². The molecule has 0 spiro atoms. The number of hydrogen-bond acceptors (Lipinski definition) is 2. The van der Waals surface area contributed by atoms with Crippen LogP contribution < -0.4 is 11.1 Å². The molecule has 0 aromatic carbocycles. The second-order valence-corrected chi connectivity index (χ2v) is 5.48. The summed E-state index contributed by atoms with van der Waals surface area (Å²) >= 11 is 0. The molecule has 0 radical (unpaired) electrons. The molecule has 2 aliphatic carbocycles. The summed E-state index contributed by atoms with van der Waals surface area (Å²) in [4.78, 5) is 11.6. The fourth-order valence-corrected chi connectivity index (χ4v) is 3.24. The fourth-order valence-electron chi connectivity index (χ4n) is 3.24. The quantitative estimate of drug-likeness (QED) is 0.772. The van der Waals surface area contributed by atoms with Crippen LogP contribution in [0.5, 0.6) is 0 Å². The van der Waals surface area contributed by atoms with E-state index >= 15 is 0 Å². The molecule has 3 nitrogen and oxygen atoms in total. The van der Waals surface area contributed by atoms with E-state index in [-0.39, 0.29) is 5.91 Å². The summed E-state index contributed by atoms with van der Waals surface area (Å²) in [7, 11) is 0. The first-order chi connectivity index (χ1) is 8.00. The summed E-state index contributed by atoms with van der Waals surface area (Å²) in [5.74, 6) is -1.38. The first-order valence-electron chi connectivity index (χ1n) is 6.35. The molecule has 3 atom stereocenters. The van der Waals surface area contributed by atoms with E-state index in [1.807, 2.05) is 0 Å². The summed E-state index contributed by atoms with van der Waals surface area (Å²) in [6, 6.07) is 0. The minimum Gasteiger partial charge on any atom is -0.350 e. The Morgan fingerprint density at radius 2 is 2.12 bits per heavy atom. The van der Waals surface area contributed by atoms with Crippen molar-refractivity contribution < 1.29 is 13.6 Å². The van der Waals surface area contributed by atoms with Gasteiger partial charge in [0.25, 0.3) is 5.92 Å². The van der Waals surface area contributed by atoms with Gasteiger partial charge in [-0.3, -0.25) is 4.79 Å². The first kappa shape index (κ1) is 12.7. The number of carbonyl (C=O) groups excluding carboxylic acids is 1. The van der Waals surface area contributed by atoms with Crippen molar-refractivity contribution in [2.24, 2.45) is 23.5 Å². The molecular formula is C12H20F2N2O. The zero-order chi connectivity index (χ0) is 12.5. The van der Waals surface area contributed by atoms with Gasteiger partial charge in [0.15, 0.2) is 0 Å². The fraction of sp³-hybridized carbons (Fsp3) is 0.917. The van der Waals surface area contributed by atoms with E-state index in [9.17, 15) is 13.6 Å². The number of nitrogens with one attached hydrogen (secondary N) is 1. The van der Waals surface area contributed by atoms with Crippen LogP contribution in [0, 0.1) is 17.8 Å². The number of alkyl halides is 2. The molecule has 2 bridgehead atoms. The highest BCUT2D eigenvalue weighted by Gasteiger charge is 2.40. The molecule has 2 fully saturated rings. The predicted octanol–water partition coefficient (Wildman–Crippen LogP) is 1.52. The van der Waals surface area contributed by atoms with E-state index in [0.717, 1.165) is 12.3 Å². The molecule has 1 amide bonds. The number of carbonyl (C=O) groups is 1. The van der Waals surface area contributed by atoms with E-state index in [1.165, 1.54) is 19.3 Å². The maximum Gasteiger partial charge on any atom is 0.277 e. The molecule has 0 heterocycles. The van der Waals surface area contributed by atoms with Crippen LogP contribution in [0.3, 0.4) is 0 Å². The lowest BCUT2D eigenvalue weighted by atomic mass is 9.86. The Morgan fingerprint density at radius 1 is 1.35 bits per heavy atom. The average molecular weight is 246 g/mol. The largest absolute Gasteiger partial charge is 0.350 e. The molecule has 5 heteroatoms. The van der Waals surface area contributed by atoms with Gasteiger partial charge >= 0.3 is 0 Å². The smallest absolute Gasteiger partial charge is 0.277 e. The third-order valence-electron chi connectivity index (χ3n) is 4.17. The Balaban J connectivity index is 1.71. The number of nitrogens with two attached hydrogens (primary N) is 1. The van der Waals surface area contributed by atoms with Crippen molar-refractivity contribution in [2.45, 2.75) is 38.0 Å². The maximum absolute atomic E-state index is 12.8. The summed E-state index contributed by atoms with van der Waals surface area (Å²) in [5.41, 5.74) is 4.90. The van der Waals surface area contributed by atoms with Gasteiger partial charge < -0.3 is 11.1 Å². The highest BCUT2D eigenvalue weighted by Crippen LogP contribution is 2.49. The average Bonchev–Trinajstić information content (AvgIpc) is 2.88. The minimum atomic E-state index is -2.98. The molecule has 3 unspecified atom stereocenters. The lowest BCUT2D eigenvalue weighted by Crippen LogP contribution is -2.42. The maximum atomic E-state index is 12.8. The van der Waals surface area contributed by atoms with Gasteiger partial charge in [0, 0.05) is 6.42 Å². The van der Waals surface area contributed by atoms with E-state index < -0.39 is 19.0 Å². The normalized spacial score (nSPS) is 31.8. The zero-order valence-corrected chi connectivity index (χ0v) is 9.92. The van der Waals surface area contributed by atoms with Crippen molar-refractivity contribution in [2.75, 3.05) is 13.1 Å². The van der Waals surface area contributed by atoms with Crippen molar-refractivity contribution in [3.63, 3.8) is 0 Å². The second-order valence-electron chi connectivity index (χ2n) is 5.48. The molecular weight excluding hydrogens is 226 g/mol. The minimum absolute atomic E-state index is 0.254. The van der Waals surface area contributed by atoms with Crippen LogP contribution in [0.15, 0.2) is 0 Å². The number of amides is 1. The lowest BCUT2D eigenvalue weighted by Gasteiger charge is -2.21. The monoisotopic (exact) mass is 246 g/mol. The van der Waals surface area contributed by atoms with Gasteiger partial charge in [-0.2, -0.15) is 0 Å². The molecule has 2 saturated carbocycles. The number of halogens is 2. The molecule has 17 heavy (non-hydrogen) atoms. The van der Waals surface area contributed by atoms with Crippen LogP contribution in [0.2, 0.25) is 0 Å². The number of rotatable bonds is 5. The highest BCUT2D eigenvalue weighted by atomic mass is 19.3. The molecule has 2 aliphatic rings. The Bertz CT molecular complexity index is 296. The number of hydrogen-bond donors (Lipinski definition) is 2. The molecule has 3 N–H and O–H groups in total. The second kappa shape index (κ2) is 4.88. The van der Waals surface area contributed by atoms with Crippen LogP contribution >= 0.6 is 0 Å². The van der Waals surface area contributed by atoms with Crippen LogP contribution in [0.1, 0.15) is 32.1 Å². The molecule has 0 aromatic heterocycles. The highest BCUT2D eigenvalue weighted by molar-refractivity contribution is 5.76. The van der Waals surface area contributed by atoms with Crippen molar-refractivity contribution in [1.82, 2.24) is 5.32 Å². The SMILES string of the molecule is NCC(F)(F)CNC(=O)CC1CC2CCC1C2. The summed E-state index contributed by atoms with van der Waals surface area (Å²) in [6.07, 6.45) is 5.24. The van der Waals surface area contributed by atoms with E-state index in [1.54, 1.807) is 0 Å². The number of fused-ring (bicyclic) bond motifs is 2. The van der Waals surface area contributed by atoms with Crippen molar-refractivity contribution in [3.8, 4) is 0 Å². The standard InChI is InChI=1S/C12H20F2N2O/c13-12(14,6-15)7-16-11(17)5-10-4-8-1-2-9(10)3-8/h8-10H,1-7,15H2,(H,16,17). The van der Waals surface area contributed by atoms with E-state index in [4.69, 9.17) is 5.73 Å². The van der Waals surface area contributed by atoms with Gasteiger partial charge in [0.1, 0.15) is 0 Å². The molecule has 0 saturated heterocycles. The first-order valence-corrected chi connectivity index (χ1v) is 6.35. The molecule has 98 valence electrons. The Labute approximate surface area is 100 Å². The molecule has 2 rings (SSSR count). The summed E-state index contributed by atoms with van der Waals surface area (Å²) in [6.45, 7) is -1.36. The Morgan fingerprint density at radius 3 is 2.65 bits per heavy atom. The van der Waals surface area contributed by atoms with Crippen LogP contribution in [-0.4, -0.2) is 24.9 Å². The third kappa shape index (κ3) is 3.15. The zero-order valence-electron chi connectivity index (χ0n) is 9.92. The Kier molecular flexibility index (Phi) is 3.66. The van der Waals surface area contributed by atoms with Gasteiger partial charge in [-0.25, -0.2) is 8.78 Å². The predicted molar refractivity (Wildman–Crippen MR) is 60.6 cm³/mol. The van der Waals surface area contributed by atoms with Crippen molar-refractivity contribution >= 4 is 5.91 Å². The van der Waals surface area contributed by atoms with Gasteiger partial charge in [-0.05, 0) is 37.0 Å². The topological polar surface area (TPSA) is 55.1 Å². The summed E-state index contributed by atoms with van der Waals surface area (Å²) in [5, 5.41) is 2.29. The van der Waals surface area contributed by atoms with Gasteiger partial charge in [0.05, 0.1) is 13.1 Å². The van der Waals surface area contributed by atoms with Crippen molar-refractivity contribution in [1.29, 1.82) is 0 Å². The Hall–Kier alpha value is -0.710. The van der Waals surface area contributed by atoms with Crippen LogP contribution in [0.4, 0.5) is 8.78 Å². The third-order valence-corrected chi connectivity index (χ3v) is 4.17. The van der Waals surface area contributed by atoms with Gasteiger partial charge in [-0.1, -0.05) is 6.42 Å². The van der Waals surface area contributed by atoms with Crippen LogP contribution in [-0.2, 0) is 4.79 Å². The van der Waals surface area contributed by atoms with E-state index in [0.29, 0.717) is 18.3 Å². The lowest BCUT2D eigenvalue weighted by molar-refractivity contribution is -0.124.